The van der Waals surface area contributed by atoms with E-state index in [2.05, 4.69) is 0 Å². The lowest BCUT2D eigenvalue weighted by molar-refractivity contribution is 0.212. The van der Waals surface area contributed by atoms with Crippen molar-refractivity contribution in [1.82, 2.24) is 0 Å². The summed E-state index contributed by atoms with van der Waals surface area (Å²) in [5.74, 6) is 0. The molecule has 0 aliphatic carbocycles. The van der Waals surface area contributed by atoms with Gasteiger partial charge in [-0.1, -0.05) is 0 Å². The van der Waals surface area contributed by atoms with Gasteiger partial charge in [-0.15, -0.1) is 11.3 Å². The number of hydrogen-bond donors (Lipinski definition) is 2. The zero-order chi connectivity index (χ0) is 8.48. The lowest BCUT2D eigenvalue weighted by atomic mass is 10.0. The molecule has 1 aromatic rings. The van der Waals surface area contributed by atoms with E-state index in [1.54, 1.807) is 11.3 Å². The fourth-order valence-electron chi connectivity index (χ4n) is 1.03. The Kier molecular flexibility index (Phi) is 2.32. The average Bonchev–Trinajstić information content (AvgIpc) is 2.36. The van der Waals surface area contributed by atoms with Crippen molar-refractivity contribution in [3.8, 4) is 0 Å². The number of thiophene rings is 1. The van der Waals surface area contributed by atoms with Crippen LogP contribution in [0.1, 0.15) is 17.4 Å². The lowest BCUT2D eigenvalue weighted by Gasteiger charge is -2.20. The normalized spacial score (nSPS) is 16.4. The van der Waals surface area contributed by atoms with Gasteiger partial charge in [0.1, 0.15) is 0 Å². The minimum Gasteiger partial charge on any atom is -0.394 e. The van der Waals surface area contributed by atoms with Crippen molar-refractivity contribution in [3.63, 3.8) is 0 Å². The maximum Gasteiger partial charge on any atom is 0.0711 e. The SMILES string of the molecule is Cc1ccsc1C(C)(N)CO. The van der Waals surface area contributed by atoms with Crippen LogP contribution < -0.4 is 5.73 Å². The molecule has 0 aliphatic heterocycles. The number of aliphatic hydroxyl groups excluding tert-OH is 1. The molecule has 1 rings (SSSR count). The van der Waals surface area contributed by atoms with Crippen LogP contribution in [0, 0.1) is 6.92 Å². The summed E-state index contributed by atoms with van der Waals surface area (Å²) in [6, 6.07) is 2.01. The predicted molar refractivity (Wildman–Crippen MR) is 47.7 cm³/mol. The quantitative estimate of drug-likeness (QED) is 0.703. The molecular formula is C8H13NOS. The second-order valence-electron chi connectivity index (χ2n) is 3.01. The van der Waals surface area contributed by atoms with Crippen LogP contribution in [-0.2, 0) is 5.54 Å². The van der Waals surface area contributed by atoms with E-state index < -0.39 is 5.54 Å². The van der Waals surface area contributed by atoms with Crippen molar-refractivity contribution < 1.29 is 5.11 Å². The van der Waals surface area contributed by atoms with Gasteiger partial charge in [-0.05, 0) is 30.9 Å². The molecule has 3 heteroatoms. The van der Waals surface area contributed by atoms with Gasteiger partial charge in [-0.25, -0.2) is 0 Å². The van der Waals surface area contributed by atoms with Gasteiger partial charge in [0.05, 0.1) is 12.1 Å². The Bertz CT molecular complexity index is 242. The van der Waals surface area contributed by atoms with Gasteiger partial charge in [-0.3, -0.25) is 0 Å². The fourth-order valence-corrected chi connectivity index (χ4v) is 2.03. The van der Waals surface area contributed by atoms with E-state index in [9.17, 15) is 0 Å². The molecule has 1 aromatic heterocycles. The van der Waals surface area contributed by atoms with Crippen LogP contribution >= 0.6 is 11.3 Å². The molecule has 0 amide bonds. The van der Waals surface area contributed by atoms with E-state index in [1.165, 1.54) is 0 Å². The smallest absolute Gasteiger partial charge is 0.0711 e. The van der Waals surface area contributed by atoms with E-state index in [0.29, 0.717) is 0 Å². The van der Waals surface area contributed by atoms with Crippen molar-refractivity contribution in [2.45, 2.75) is 19.4 Å². The molecule has 0 aromatic carbocycles. The zero-order valence-electron chi connectivity index (χ0n) is 6.79. The Morgan fingerprint density at radius 3 is 2.73 bits per heavy atom. The van der Waals surface area contributed by atoms with Crippen LogP contribution in [0.15, 0.2) is 11.4 Å². The van der Waals surface area contributed by atoms with Gasteiger partial charge in [0.2, 0.25) is 0 Å². The summed E-state index contributed by atoms with van der Waals surface area (Å²) in [6.07, 6.45) is 0. The topological polar surface area (TPSA) is 46.2 Å². The minimum absolute atomic E-state index is 0.00560. The highest BCUT2D eigenvalue weighted by molar-refractivity contribution is 7.10. The summed E-state index contributed by atoms with van der Waals surface area (Å²) < 4.78 is 0. The minimum atomic E-state index is -0.571. The Labute approximate surface area is 70.7 Å². The highest BCUT2D eigenvalue weighted by Crippen LogP contribution is 2.26. The van der Waals surface area contributed by atoms with E-state index in [4.69, 9.17) is 10.8 Å². The molecule has 0 radical (unpaired) electrons. The highest BCUT2D eigenvalue weighted by atomic mass is 32.1. The van der Waals surface area contributed by atoms with Crippen LogP contribution in [0.25, 0.3) is 0 Å². The van der Waals surface area contributed by atoms with Gasteiger partial charge >= 0.3 is 0 Å². The summed E-state index contributed by atoms with van der Waals surface area (Å²) >= 11 is 1.60. The molecule has 2 nitrogen and oxygen atoms in total. The standard InChI is InChI=1S/C8H13NOS/c1-6-3-4-11-7(6)8(2,9)5-10/h3-4,10H,5,9H2,1-2H3. The first-order chi connectivity index (χ1) is 5.08. The lowest BCUT2D eigenvalue weighted by Crippen LogP contribution is -2.36. The largest absolute Gasteiger partial charge is 0.394 e. The van der Waals surface area contributed by atoms with Crippen molar-refractivity contribution in [1.29, 1.82) is 0 Å². The van der Waals surface area contributed by atoms with Gasteiger partial charge in [-0.2, -0.15) is 0 Å². The molecular weight excluding hydrogens is 158 g/mol. The maximum atomic E-state index is 8.97. The number of aliphatic hydroxyl groups is 1. The predicted octanol–water partition coefficient (Wildman–Crippen LogP) is 1.22. The van der Waals surface area contributed by atoms with Crippen LogP contribution in [-0.4, -0.2) is 11.7 Å². The second kappa shape index (κ2) is 2.93. The van der Waals surface area contributed by atoms with Gasteiger partial charge in [0, 0.05) is 4.88 Å². The van der Waals surface area contributed by atoms with Crippen molar-refractivity contribution in [2.75, 3.05) is 6.61 Å². The molecule has 0 saturated carbocycles. The van der Waals surface area contributed by atoms with Crippen LogP contribution in [0.2, 0.25) is 0 Å². The molecule has 1 unspecified atom stereocenters. The second-order valence-corrected chi connectivity index (χ2v) is 3.92. The van der Waals surface area contributed by atoms with E-state index in [0.717, 1.165) is 10.4 Å². The maximum absolute atomic E-state index is 8.97. The third kappa shape index (κ3) is 1.61. The number of hydrogen-bond acceptors (Lipinski definition) is 3. The fraction of sp³-hybridized carbons (Fsp3) is 0.500. The third-order valence-electron chi connectivity index (χ3n) is 1.71. The highest BCUT2D eigenvalue weighted by Gasteiger charge is 2.22. The first-order valence-corrected chi connectivity index (χ1v) is 4.40. The number of nitrogens with two attached hydrogens (primary N) is 1. The third-order valence-corrected chi connectivity index (χ3v) is 3.01. The molecule has 0 spiro atoms. The van der Waals surface area contributed by atoms with Crippen LogP contribution in [0.3, 0.4) is 0 Å². The number of rotatable bonds is 2. The zero-order valence-corrected chi connectivity index (χ0v) is 7.61. The van der Waals surface area contributed by atoms with Crippen LogP contribution in [0.5, 0.6) is 0 Å². The Morgan fingerprint density at radius 1 is 1.73 bits per heavy atom. The molecule has 0 saturated heterocycles. The number of aryl methyl sites for hydroxylation is 1. The summed E-state index contributed by atoms with van der Waals surface area (Å²) in [4.78, 5) is 1.07. The molecule has 11 heavy (non-hydrogen) atoms. The molecule has 0 fully saturated rings. The average molecular weight is 171 g/mol. The van der Waals surface area contributed by atoms with Gasteiger partial charge < -0.3 is 10.8 Å². The Morgan fingerprint density at radius 2 is 2.36 bits per heavy atom. The summed E-state index contributed by atoms with van der Waals surface area (Å²) in [5, 5.41) is 11.0. The van der Waals surface area contributed by atoms with Gasteiger partial charge in [0.25, 0.3) is 0 Å². The van der Waals surface area contributed by atoms with Crippen LogP contribution in [0.4, 0.5) is 0 Å². The monoisotopic (exact) mass is 171 g/mol. The Hall–Kier alpha value is -0.380. The summed E-state index contributed by atoms with van der Waals surface area (Å²) in [6.45, 7) is 3.84. The van der Waals surface area contributed by atoms with Crippen molar-refractivity contribution in [2.24, 2.45) is 5.73 Å². The first kappa shape index (κ1) is 8.71. The Balaban J connectivity index is 3.00. The molecule has 62 valence electrons. The molecule has 1 heterocycles. The van der Waals surface area contributed by atoms with E-state index in [1.807, 2.05) is 25.3 Å². The van der Waals surface area contributed by atoms with Crippen molar-refractivity contribution >= 4 is 11.3 Å². The summed E-state index contributed by atoms with van der Waals surface area (Å²) in [7, 11) is 0. The molecule has 3 N–H and O–H groups in total. The van der Waals surface area contributed by atoms with Gasteiger partial charge in [0.15, 0.2) is 0 Å². The molecule has 0 aliphatic rings. The molecule has 0 bridgehead atoms. The molecule has 1 atom stereocenters. The van der Waals surface area contributed by atoms with E-state index in [-0.39, 0.29) is 6.61 Å². The summed E-state index contributed by atoms with van der Waals surface area (Å²) in [5.41, 5.74) is 6.43. The van der Waals surface area contributed by atoms with Crippen molar-refractivity contribution in [3.05, 3.63) is 21.9 Å². The first-order valence-electron chi connectivity index (χ1n) is 3.52. The van der Waals surface area contributed by atoms with E-state index >= 15 is 0 Å².